The monoisotopic (exact) mass is 255 g/mol. The molecule has 0 saturated carbocycles. The van der Waals surface area contributed by atoms with Gasteiger partial charge in [0.2, 0.25) is 0 Å². The van der Waals surface area contributed by atoms with Gasteiger partial charge in [0.15, 0.2) is 5.76 Å². The first-order valence-electron chi connectivity index (χ1n) is 5.47. The zero-order chi connectivity index (χ0) is 12.5. The van der Waals surface area contributed by atoms with Gasteiger partial charge in [0.05, 0.1) is 0 Å². The Kier molecular flexibility index (Phi) is 2.57. The maximum atomic E-state index is 11.5. The number of rotatable bonds is 1. The van der Waals surface area contributed by atoms with Crippen LogP contribution in [0, 0.1) is 0 Å². The van der Waals surface area contributed by atoms with Crippen molar-refractivity contribution in [3.63, 3.8) is 0 Å². The largest absolute Gasteiger partial charge is 0.426 e. The summed E-state index contributed by atoms with van der Waals surface area (Å²) in [6, 6.07) is 13.9. The van der Waals surface area contributed by atoms with Crippen molar-refractivity contribution in [1.29, 1.82) is 0 Å². The molecule has 88 valence electrons. The highest BCUT2D eigenvalue weighted by atomic mass is 32.1. The Hall–Kier alpha value is -2.20. The first kappa shape index (κ1) is 10.9. The zero-order valence-corrected chi connectivity index (χ0v) is 10.2. The summed E-state index contributed by atoms with van der Waals surface area (Å²) < 4.78 is 5.16. The molecule has 1 heterocycles. The van der Waals surface area contributed by atoms with E-state index in [0.717, 1.165) is 16.3 Å². The summed E-state index contributed by atoms with van der Waals surface area (Å²) in [7, 11) is 0. The molecule has 1 saturated heterocycles. The van der Waals surface area contributed by atoms with E-state index < -0.39 is 0 Å². The Labute approximate surface area is 109 Å². The fourth-order valence-corrected chi connectivity index (χ4v) is 2.12. The third-order valence-electron chi connectivity index (χ3n) is 2.75. The third-order valence-corrected chi connectivity index (χ3v) is 2.94. The summed E-state index contributed by atoms with van der Waals surface area (Å²) in [5.74, 6) is -0.0655. The van der Waals surface area contributed by atoms with Crippen molar-refractivity contribution in [2.75, 3.05) is 0 Å². The van der Waals surface area contributed by atoms with Gasteiger partial charge in [-0.15, -0.1) is 0 Å². The number of benzene rings is 2. The molecule has 0 aromatic heterocycles. The van der Waals surface area contributed by atoms with Crippen LogP contribution in [-0.4, -0.2) is 11.1 Å². The standard InChI is InChI=1S/C14H9NO2S/c16-13-12(17-14(18)15-13)8-10-6-3-5-9-4-1-2-7-11(9)10/h1-8H,(H,15,16,18)/b12-8-. The molecule has 0 spiro atoms. The van der Waals surface area contributed by atoms with E-state index in [4.69, 9.17) is 17.0 Å². The molecule has 0 aliphatic carbocycles. The molecule has 1 N–H and O–H groups in total. The number of thiocarbonyl (C=S) groups is 1. The van der Waals surface area contributed by atoms with Crippen LogP contribution in [0.25, 0.3) is 16.8 Å². The van der Waals surface area contributed by atoms with Gasteiger partial charge >= 0.3 is 0 Å². The van der Waals surface area contributed by atoms with Crippen molar-refractivity contribution < 1.29 is 9.53 Å². The highest BCUT2D eigenvalue weighted by Crippen LogP contribution is 2.22. The molecule has 18 heavy (non-hydrogen) atoms. The van der Waals surface area contributed by atoms with Gasteiger partial charge in [0.1, 0.15) is 0 Å². The highest BCUT2D eigenvalue weighted by molar-refractivity contribution is 7.80. The molecule has 1 amide bonds. The number of carbonyl (C=O) groups is 1. The molecule has 4 heteroatoms. The molecule has 0 radical (unpaired) electrons. The first-order chi connectivity index (χ1) is 8.74. The third kappa shape index (κ3) is 1.87. The Morgan fingerprint density at radius 3 is 2.67 bits per heavy atom. The van der Waals surface area contributed by atoms with Crippen LogP contribution in [0.1, 0.15) is 5.56 Å². The van der Waals surface area contributed by atoms with Gasteiger partial charge in [-0.05, 0) is 34.6 Å². The van der Waals surface area contributed by atoms with Crippen LogP contribution in [0.5, 0.6) is 0 Å². The average Bonchev–Trinajstić information content (AvgIpc) is 2.68. The predicted molar refractivity (Wildman–Crippen MR) is 73.8 cm³/mol. The summed E-state index contributed by atoms with van der Waals surface area (Å²) in [4.78, 5) is 11.5. The van der Waals surface area contributed by atoms with Crippen molar-refractivity contribution in [2.45, 2.75) is 0 Å². The summed E-state index contributed by atoms with van der Waals surface area (Å²) in [6.07, 6.45) is 1.71. The lowest BCUT2D eigenvalue weighted by Crippen LogP contribution is -2.18. The molecule has 1 aliphatic rings. The maximum absolute atomic E-state index is 11.5. The number of hydrogen-bond donors (Lipinski definition) is 1. The number of hydrogen-bond acceptors (Lipinski definition) is 3. The van der Waals surface area contributed by atoms with Crippen molar-refractivity contribution in [3.8, 4) is 0 Å². The smallest absolute Gasteiger partial charge is 0.294 e. The van der Waals surface area contributed by atoms with Gasteiger partial charge in [-0.1, -0.05) is 42.5 Å². The lowest BCUT2D eigenvalue weighted by atomic mass is 10.0. The van der Waals surface area contributed by atoms with Crippen LogP contribution in [0.3, 0.4) is 0 Å². The quantitative estimate of drug-likeness (QED) is 0.629. The fraction of sp³-hybridized carbons (Fsp3) is 0. The Morgan fingerprint density at radius 2 is 1.89 bits per heavy atom. The van der Waals surface area contributed by atoms with Gasteiger partial charge in [0.25, 0.3) is 11.1 Å². The zero-order valence-electron chi connectivity index (χ0n) is 9.34. The number of nitrogens with one attached hydrogen (secondary N) is 1. The van der Waals surface area contributed by atoms with Crippen molar-refractivity contribution in [2.24, 2.45) is 0 Å². The summed E-state index contributed by atoms with van der Waals surface area (Å²) >= 11 is 4.79. The van der Waals surface area contributed by atoms with E-state index in [9.17, 15) is 4.79 Å². The lowest BCUT2D eigenvalue weighted by molar-refractivity contribution is -0.116. The van der Waals surface area contributed by atoms with Gasteiger partial charge in [-0.2, -0.15) is 0 Å². The number of amides is 1. The average molecular weight is 255 g/mol. The summed E-state index contributed by atoms with van der Waals surface area (Å²) in [5, 5.41) is 4.73. The number of fused-ring (bicyclic) bond motifs is 1. The maximum Gasteiger partial charge on any atom is 0.294 e. The Balaban J connectivity index is 2.13. The topological polar surface area (TPSA) is 38.3 Å². The minimum absolute atomic E-state index is 0.103. The lowest BCUT2D eigenvalue weighted by Gasteiger charge is -2.02. The molecule has 0 atom stereocenters. The molecule has 1 aliphatic heterocycles. The second-order valence-electron chi connectivity index (χ2n) is 3.92. The van der Waals surface area contributed by atoms with Crippen LogP contribution < -0.4 is 5.32 Å². The molecular weight excluding hydrogens is 246 g/mol. The normalized spacial score (nSPS) is 17.0. The predicted octanol–water partition coefficient (Wildman–Crippen LogP) is 2.61. The molecular formula is C14H9NO2S. The minimum Gasteiger partial charge on any atom is -0.426 e. The molecule has 2 aromatic carbocycles. The van der Waals surface area contributed by atoms with Crippen LogP contribution in [0.2, 0.25) is 0 Å². The van der Waals surface area contributed by atoms with E-state index in [2.05, 4.69) is 5.32 Å². The van der Waals surface area contributed by atoms with E-state index in [1.807, 2.05) is 42.5 Å². The molecule has 0 unspecified atom stereocenters. The Morgan fingerprint density at radius 1 is 1.11 bits per heavy atom. The molecule has 0 bridgehead atoms. The van der Waals surface area contributed by atoms with E-state index in [1.165, 1.54) is 0 Å². The van der Waals surface area contributed by atoms with Crippen LogP contribution in [0.15, 0.2) is 48.2 Å². The molecule has 2 aromatic rings. The van der Waals surface area contributed by atoms with Crippen LogP contribution in [-0.2, 0) is 9.53 Å². The minimum atomic E-state index is -0.298. The molecule has 3 nitrogen and oxygen atoms in total. The van der Waals surface area contributed by atoms with Crippen molar-refractivity contribution in [1.82, 2.24) is 5.32 Å². The summed E-state index contributed by atoms with van der Waals surface area (Å²) in [5.41, 5.74) is 0.933. The van der Waals surface area contributed by atoms with E-state index in [1.54, 1.807) is 6.08 Å². The van der Waals surface area contributed by atoms with Gasteiger partial charge in [0, 0.05) is 0 Å². The Bertz CT molecular complexity index is 686. The SMILES string of the molecule is O=C1NC(=S)O/C1=C\c1cccc2ccccc12. The van der Waals surface area contributed by atoms with Gasteiger partial charge in [-0.25, -0.2) is 0 Å². The second-order valence-corrected chi connectivity index (χ2v) is 4.29. The molecule has 3 rings (SSSR count). The fourth-order valence-electron chi connectivity index (χ4n) is 1.94. The van der Waals surface area contributed by atoms with Crippen molar-refractivity contribution >= 4 is 40.1 Å². The second kappa shape index (κ2) is 4.23. The van der Waals surface area contributed by atoms with E-state index in [-0.39, 0.29) is 16.8 Å². The first-order valence-corrected chi connectivity index (χ1v) is 5.87. The van der Waals surface area contributed by atoms with Gasteiger partial charge < -0.3 is 4.74 Å². The van der Waals surface area contributed by atoms with E-state index >= 15 is 0 Å². The summed E-state index contributed by atoms with van der Waals surface area (Å²) in [6.45, 7) is 0. The van der Waals surface area contributed by atoms with Crippen molar-refractivity contribution in [3.05, 3.63) is 53.8 Å². The highest BCUT2D eigenvalue weighted by Gasteiger charge is 2.23. The van der Waals surface area contributed by atoms with E-state index in [0.29, 0.717) is 0 Å². The molecule has 1 fully saturated rings. The number of ether oxygens (including phenoxy) is 1. The number of carbonyl (C=O) groups excluding carboxylic acids is 1. The van der Waals surface area contributed by atoms with Gasteiger partial charge in [-0.3, -0.25) is 10.1 Å². The van der Waals surface area contributed by atoms with Crippen LogP contribution >= 0.6 is 12.2 Å². The van der Waals surface area contributed by atoms with Crippen LogP contribution in [0.4, 0.5) is 0 Å².